The van der Waals surface area contributed by atoms with E-state index in [1.165, 1.54) is 0 Å². The summed E-state index contributed by atoms with van der Waals surface area (Å²) in [6.45, 7) is 0. The van der Waals surface area contributed by atoms with Crippen molar-refractivity contribution in [3.05, 3.63) is 55.0 Å². The Kier molecular flexibility index (Phi) is 16.9. The summed E-state index contributed by atoms with van der Waals surface area (Å²) in [5.41, 5.74) is 0. The Bertz CT molecular complexity index is 148. The van der Waals surface area contributed by atoms with Gasteiger partial charge in [-0.25, -0.2) is 24.3 Å². The first-order valence-corrected chi connectivity index (χ1v) is 4.24. The molecule has 0 spiro atoms. The summed E-state index contributed by atoms with van der Waals surface area (Å²) in [6, 6.07) is 0. The smallest absolute Gasteiger partial charge is 0 e. The predicted molar refractivity (Wildman–Crippen MR) is 54.4 cm³/mol. The Morgan fingerprint density at radius 1 is 0.923 bits per heavy atom. The summed E-state index contributed by atoms with van der Waals surface area (Å²) in [6.07, 6.45) is 22.7. The molecule has 0 aromatic rings. The molecule has 0 saturated carbocycles. The Balaban J connectivity index is 0. The maximum atomic E-state index is 4.39. The predicted octanol–water partition coefficient (Wildman–Crippen LogP) is 3.63. The zero-order chi connectivity index (χ0) is 9.07. The van der Waals surface area contributed by atoms with Crippen LogP contribution in [0.2, 0.25) is 0 Å². The van der Waals surface area contributed by atoms with Crippen molar-refractivity contribution in [3.63, 3.8) is 0 Å². The van der Waals surface area contributed by atoms with Crippen LogP contribution in [0.5, 0.6) is 0 Å². The van der Waals surface area contributed by atoms with Crippen molar-refractivity contribution in [2.75, 3.05) is 0 Å². The molecule has 71 valence electrons. The molecule has 0 aromatic carbocycles. The summed E-state index contributed by atoms with van der Waals surface area (Å²) in [4.78, 5) is 0. The zero-order valence-electron chi connectivity index (χ0n) is 7.41. The van der Waals surface area contributed by atoms with Crippen LogP contribution in [0.4, 0.5) is 0 Å². The summed E-state index contributed by atoms with van der Waals surface area (Å²) in [5.74, 6) is 0. The molecule has 2 aliphatic carbocycles. The van der Waals surface area contributed by atoms with E-state index in [1.807, 2.05) is 24.3 Å². The summed E-state index contributed by atoms with van der Waals surface area (Å²) in [7, 11) is 0. The maximum Gasteiger partial charge on any atom is 0 e. The Morgan fingerprint density at radius 3 is 1.38 bits per heavy atom. The van der Waals surface area contributed by atoms with Gasteiger partial charge in [0.2, 0.25) is 0 Å². The third kappa shape index (κ3) is 11.8. The summed E-state index contributed by atoms with van der Waals surface area (Å²) in [5, 5.41) is 0. The minimum absolute atomic E-state index is 0. The van der Waals surface area contributed by atoms with E-state index in [0.717, 1.165) is 12.8 Å². The van der Waals surface area contributed by atoms with Crippen molar-refractivity contribution in [1.29, 1.82) is 0 Å². The van der Waals surface area contributed by atoms with E-state index < -0.39 is 0 Å². The maximum absolute atomic E-state index is 4.39. The van der Waals surface area contributed by atoms with Crippen LogP contribution in [0, 0.1) is 18.5 Å². The molecule has 0 aliphatic heterocycles. The van der Waals surface area contributed by atoms with E-state index in [2.05, 4.69) is 42.3 Å². The SMILES string of the molecule is [C-]1=CC=CC1.[C-]1=CC=CC1.[CH2-]Cl.[V]. The molecule has 0 atom stereocenters. The van der Waals surface area contributed by atoms with E-state index in [1.54, 1.807) is 0 Å². The van der Waals surface area contributed by atoms with Gasteiger partial charge in [0.05, 0.1) is 0 Å². The molecule has 0 fully saturated rings. The fraction of sp³-hybridized carbons (Fsp3) is 0.182. The van der Waals surface area contributed by atoms with Gasteiger partial charge in [-0.2, -0.15) is 12.2 Å². The zero-order valence-corrected chi connectivity index (χ0v) is 9.56. The van der Waals surface area contributed by atoms with Crippen LogP contribution < -0.4 is 0 Å². The molecular formula is C11H12ClV-3. The first-order valence-electron chi connectivity index (χ1n) is 3.70. The van der Waals surface area contributed by atoms with Crippen LogP contribution in [0.1, 0.15) is 12.8 Å². The second kappa shape index (κ2) is 14.4. The van der Waals surface area contributed by atoms with Gasteiger partial charge in [-0.05, 0) is 0 Å². The molecule has 0 saturated heterocycles. The molecule has 0 N–H and O–H groups in total. The number of hydrogen-bond acceptors (Lipinski definition) is 0. The summed E-state index contributed by atoms with van der Waals surface area (Å²) < 4.78 is 0. The van der Waals surface area contributed by atoms with Gasteiger partial charge < -0.3 is 11.6 Å². The molecule has 2 heteroatoms. The van der Waals surface area contributed by atoms with Gasteiger partial charge >= 0.3 is 0 Å². The van der Waals surface area contributed by atoms with Crippen LogP contribution in [-0.2, 0) is 18.6 Å². The third-order valence-electron chi connectivity index (χ3n) is 1.17. The fourth-order valence-electron chi connectivity index (χ4n) is 0.680. The first-order chi connectivity index (χ1) is 6.00. The molecule has 0 nitrogen and oxygen atoms in total. The van der Waals surface area contributed by atoms with Gasteiger partial charge in [0, 0.05) is 18.6 Å². The van der Waals surface area contributed by atoms with Crippen molar-refractivity contribution < 1.29 is 18.6 Å². The van der Waals surface area contributed by atoms with Crippen LogP contribution in [-0.4, -0.2) is 0 Å². The second-order valence-corrected chi connectivity index (χ2v) is 2.01. The molecule has 2 rings (SSSR count). The van der Waals surface area contributed by atoms with Gasteiger partial charge in [-0.1, -0.05) is 0 Å². The largest absolute Gasteiger partial charge is 0.352 e. The van der Waals surface area contributed by atoms with Crippen LogP contribution in [0.3, 0.4) is 0 Å². The normalized spacial score (nSPS) is 14.0. The van der Waals surface area contributed by atoms with Gasteiger partial charge in [-0.15, -0.1) is 12.8 Å². The number of hydrogen-bond donors (Lipinski definition) is 0. The molecule has 13 heavy (non-hydrogen) atoms. The van der Waals surface area contributed by atoms with E-state index in [4.69, 9.17) is 0 Å². The minimum atomic E-state index is 0. The molecule has 0 aromatic heterocycles. The third-order valence-corrected chi connectivity index (χ3v) is 1.17. The van der Waals surface area contributed by atoms with Gasteiger partial charge in [-0.3, -0.25) is 18.5 Å². The minimum Gasteiger partial charge on any atom is -0.352 e. The second-order valence-electron chi connectivity index (χ2n) is 2.01. The van der Waals surface area contributed by atoms with Gasteiger partial charge in [0.15, 0.2) is 0 Å². The van der Waals surface area contributed by atoms with Crippen molar-refractivity contribution in [1.82, 2.24) is 0 Å². The van der Waals surface area contributed by atoms with Crippen molar-refractivity contribution >= 4 is 11.6 Å². The van der Waals surface area contributed by atoms with Crippen molar-refractivity contribution in [3.8, 4) is 0 Å². The standard InChI is InChI=1S/2C5H5.CH2Cl.V/c2*1-2-4-5-3-1;1-2;/h2*1-3H,4H2;1H2;/q3*-1;. The number of halogens is 1. The monoisotopic (exact) mass is 230 g/mol. The first kappa shape index (κ1) is 15.3. The summed E-state index contributed by atoms with van der Waals surface area (Å²) >= 11 is 4.39. The van der Waals surface area contributed by atoms with Gasteiger partial charge in [0.25, 0.3) is 0 Å². The molecule has 1 radical (unpaired) electrons. The van der Waals surface area contributed by atoms with E-state index >= 15 is 0 Å². The van der Waals surface area contributed by atoms with E-state index in [-0.39, 0.29) is 18.6 Å². The molecule has 0 unspecified atom stereocenters. The Hall–Kier alpha value is -0.166. The van der Waals surface area contributed by atoms with Crippen LogP contribution in [0.25, 0.3) is 0 Å². The average molecular weight is 231 g/mol. The molecule has 0 bridgehead atoms. The topological polar surface area (TPSA) is 0 Å². The van der Waals surface area contributed by atoms with E-state index in [9.17, 15) is 0 Å². The molecule has 0 heterocycles. The van der Waals surface area contributed by atoms with Crippen molar-refractivity contribution in [2.24, 2.45) is 0 Å². The Morgan fingerprint density at radius 2 is 1.31 bits per heavy atom. The molecule has 2 aliphatic rings. The number of allylic oxidation sites excluding steroid dienone is 8. The average Bonchev–Trinajstić information content (AvgIpc) is 2.87. The van der Waals surface area contributed by atoms with Crippen molar-refractivity contribution in [2.45, 2.75) is 12.8 Å². The van der Waals surface area contributed by atoms with Gasteiger partial charge in [0.1, 0.15) is 0 Å². The molecular weight excluding hydrogens is 219 g/mol. The Labute approximate surface area is 97.9 Å². The van der Waals surface area contributed by atoms with Crippen LogP contribution >= 0.6 is 11.6 Å². The quantitative estimate of drug-likeness (QED) is 0.558. The molecule has 0 amide bonds. The fourth-order valence-corrected chi connectivity index (χ4v) is 0.680. The van der Waals surface area contributed by atoms with E-state index in [0.29, 0.717) is 0 Å². The van der Waals surface area contributed by atoms with Crippen LogP contribution in [0.15, 0.2) is 36.5 Å². The number of rotatable bonds is 0.